The van der Waals surface area contributed by atoms with Gasteiger partial charge in [-0.3, -0.25) is 0 Å². The first-order valence-electron chi connectivity index (χ1n) is 6.09. The van der Waals surface area contributed by atoms with Crippen LogP contribution in [0.25, 0.3) is 0 Å². The first-order valence-corrected chi connectivity index (χ1v) is 6.09. The zero-order valence-electron chi connectivity index (χ0n) is 11.4. The Labute approximate surface area is 117 Å². The van der Waals surface area contributed by atoms with Crippen molar-refractivity contribution in [2.75, 3.05) is 11.5 Å². The number of anilines is 2. The molecule has 0 unspecified atom stereocenters. The van der Waals surface area contributed by atoms with Crippen LogP contribution in [0.2, 0.25) is 0 Å². The zero-order valence-corrected chi connectivity index (χ0v) is 11.4. The van der Waals surface area contributed by atoms with Crippen molar-refractivity contribution in [2.24, 2.45) is 10.2 Å². The first-order chi connectivity index (χ1) is 9.51. The molecule has 0 bridgehead atoms. The Kier molecular flexibility index (Phi) is 3.67. The third-order valence-corrected chi connectivity index (χ3v) is 2.99. The number of rotatable bonds is 2. The summed E-state index contributed by atoms with van der Waals surface area (Å²) in [6.45, 7) is 3.83. The summed E-state index contributed by atoms with van der Waals surface area (Å²) in [7, 11) is 0. The summed E-state index contributed by atoms with van der Waals surface area (Å²) in [6, 6.07) is 10.7. The molecule has 0 heterocycles. The summed E-state index contributed by atoms with van der Waals surface area (Å²) in [5, 5.41) is 17.4. The van der Waals surface area contributed by atoms with Crippen LogP contribution in [0.15, 0.2) is 40.6 Å². The fourth-order valence-electron chi connectivity index (χ4n) is 1.77. The predicted octanol–water partition coefficient (Wildman–Crippen LogP) is 3.75. The number of nitrogens with two attached hydrogens (primary N) is 2. The molecular formula is C15H15N5. The summed E-state index contributed by atoms with van der Waals surface area (Å²) < 4.78 is 0. The quantitative estimate of drug-likeness (QED) is 0.638. The molecule has 2 aromatic rings. The van der Waals surface area contributed by atoms with Crippen LogP contribution in [0, 0.1) is 25.2 Å². The molecule has 4 N–H and O–H groups in total. The summed E-state index contributed by atoms with van der Waals surface area (Å²) in [4.78, 5) is 0. The lowest BCUT2D eigenvalue weighted by molar-refractivity contribution is 1.20. The fraction of sp³-hybridized carbons (Fsp3) is 0.133. The second kappa shape index (κ2) is 5.41. The molecule has 0 fully saturated rings. The number of nitrogen functional groups attached to an aromatic ring is 2. The van der Waals surface area contributed by atoms with E-state index in [1.165, 1.54) is 0 Å². The number of nitriles is 1. The van der Waals surface area contributed by atoms with E-state index in [0.717, 1.165) is 22.5 Å². The van der Waals surface area contributed by atoms with Gasteiger partial charge >= 0.3 is 0 Å². The molecule has 0 radical (unpaired) electrons. The predicted molar refractivity (Wildman–Crippen MR) is 80.1 cm³/mol. The number of benzene rings is 2. The molecule has 5 nitrogen and oxygen atoms in total. The molecule has 100 valence electrons. The molecule has 5 heteroatoms. The Balaban J connectivity index is 2.40. The normalized spacial score (nSPS) is 10.7. The van der Waals surface area contributed by atoms with E-state index in [1.807, 2.05) is 26.0 Å². The topological polar surface area (TPSA) is 101 Å². The third-order valence-electron chi connectivity index (χ3n) is 2.99. The van der Waals surface area contributed by atoms with Gasteiger partial charge in [-0.15, -0.1) is 5.11 Å². The van der Waals surface area contributed by atoms with Crippen LogP contribution < -0.4 is 11.5 Å². The van der Waals surface area contributed by atoms with Crippen LogP contribution in [0.3, 0.4) is 0 Å². The average Bonchev–Trinajstić information content (AvgIpc) is 2.42. The van der Waals surface area contributed by atoms with Gasteiger partial charge < -0.3 is 11.5 Å². The van der Waals surface area contributed by atoms with E-state index < -0.39 is 0 Å². The van der Waals surface area contributed by atoms with Crippen molar-refractivity contribution in [1.29, 1.82) is 5.26 Å². The summed E-state index contributed by atoms with van der Waals surface area (Å²) in [5.74, 6) is 0. The number of nitrogens with zero attached hydrogens (tertiary/aromatic N) is 3. The van der Waals surface area contributed by atoms with Crippen LogP contribution in [-0.2, 0) is 0 Å². The van der Waals surface area contributed by atoms with Crippen molar-refractivity contribution in [1.82, 2.24) is 0 Å². The highest BCUT2D eigenvalue weighted by Crippen LogP contribution is 2.28. The van der Waals surface area contributed by atoms with Crippen LogP contribution in [-0.4, -0.2) is 0 Å². The first kappa shape index (κ1) is 13.6. The Morgan fingerprint density at radius 3 is 2.35 bits per heavy atom. The highest BCUT2D eigenvalue weighted by Gasteiger charge is 2.04. The summed E-state index contributed by atoms with van der Waals surface area (Å²) >= 11 is 0. The second-order valence-electron chi connectivity index (χ2n) is 4.58. The molecule has 0 saturated carbocycles. The molecule has 20 heavy (non-hydrogen) atoms. The molecule has 0 amide bonds. The monoisotopic (exact) mass is 265 g/mol. The third kappa shape index (κ3) is 2.75. The maximum absolute atomic E-state index is 9.05. The van der Waals surface area contributed by atoms with Gasteiger partial charge in [0.2, 0.25) is 0 Å². The van der Waals surface area contributed by atoms with Gasteiger partial charge in [0.15, 0.2) is 0 Å². The van der Waals surface area contributed by atoms with Gasteiger partial charge in [0, 0.05) is 11.4 Å². The van der Waals surface area contributed by atoms with E-state index in [2.05, 4.69) is 16.3 Å². The van der Waals surface area contributed by atoms with Gasteiger partial charge in [-0.2, -0.15) is 10.4 Å². The smallest absolute Gasteiger partial charge is 0.104 e. The molecule has 0 aliphatic rings. The van der Waals surface area contributed by atoms with Crippen molar-refractivity contribution in [3.8, 4) is 6.07 Å². The fourth-order valence-corrected chi connectivity index (χ4v) is 1.77. The lowest BCUT2D eigenvalue weighted by Gasteiger charge is -2.04. The second-order valence-corrected chi connectivity index (χ2v) is 4.58. The maximum atomic E-state index is 9.05. The van der Waals surface area contributed by atoms with Crippen LogP contribution >= 0.6 is 0 Å². The minimum absolute atomic E-state index is 0.401. The van der Waals surface area contributed by atoms with E-state index in [-0.39, 0.29) is 0 Å². The Hall–Kier alpha value is -2.87. The lowest BCUT2D eigenvalue weighted by atomic mass is 10.1. The van der Waals surface area contributed by atoms with E-state index in [9.17, 15) is 0 Å². The van der Waals surface area contributed by atoms with Crippen molar-refractivity contribution in [3.05, 3.63) is 47.0 Å². The van der Waals surface area contributed by atoms with Crippen molar-refractivity contribution in [3.63, 3.8) is 0 Å². The molecule has 0 aliphatic heterocycles. The van der Waals surface area contributed by atoms with Gasteiger partial charge in [-0.25, -0.2) is 0 Å². The number of hydrogen-bond donors (Lipinski definition) is 2. The highest BCUT2D eigenvalue weighted by atomic mass is 15.1. The highest BCUT2D eigenvalue weighted by molar-refractivity contribution is 5.61. The SMILES string of the molecule is Cc1cc(/N=N/c2ccc(N)cc2C#N)c(C)cc1N. The van der Waals surface area contributed by atoms with Gasteiger partial charge in [0.1, 0.15) is 11.8 Å². The molecule has 0 atom stereocenters. The van der Waals surface area contributed by atoms with Crippen LogP contribution in [0.5, 0.6) is 0 Å². The minimum Gasteiger partial charge on any atom is -0.399 e. The molecule has 0 aromatic heterocycles. The lowest BCUT2D eigenvalue weighted by Crippen LogP contribution is -1.90. The largest absolute Gasteiger partial charge is 0.399 e. The van der Waals surface area contributed by atoms with E-state index in [4.69, 9.17) is 16.7 Å². The average molecular weight is 265 g/mol. The Morgan fingerprint density at radius 1 is 0.950 bits per heavy atom. The van der Waals surface area contributed by atoms with Gasteiger partial charge in [0.25, 0.3) is 0 Å². The molecule has 0 aliphatic carbocycles. The Morgan fingerprint density at radius 2 is 1.65 bits per heavy atom. The van der Waals surface area contributed by atoms with Crippen molar-refractivity contribution < 1.29 is 0 Å². The zero-order chi connectivity index (χ0) is 14.7. The van der Waals surface area contributed by atoms with Crippen molar-refractivity contribution in [2.45, 2.75) is 13.8 Å². The van der Waals surface area contributed by atoms with Crippen LogP contribution in [0.4, 0.5) is 22.7 Å². The molecular weight excluding hydrogens is 250 g/mol. The minimum atomic E-state index is 0.401. The van der Waals surface area contributed by atoms with Gasteiger partial charge in [-0.1, -0.05) is 0 Å². The number of azo groups is 1. The van der Waals surface area contributed by atoms with Gasteiger partial charge in [0.05, 0.1) is 11.3 Å². The Bertz CT molecular complexity index is 726. The van der Waals surface area contributed by atoms with Gasteiger partial charge in [-0.05, 0) is 55.3 Å². The van der Waals surface area contributed by atoms with E-state index in [1.54, 1.807) is 18.2 Å². The van der Waals surface area contributed by atoms with E-state index >= 15 is 0 Å². The number of hydrogen-bond acceptors (Lipinski definition) is 5. The summed E-state index contributed by atoms with van der Waals surface area (Å²) in [6.07, 6.45) is 0. The molecule has 0 saturated heterocycles. The van der Waals surface area contributed by atoms with E-state index in [0.29, 0.717) is 16.9 Å². The molecule has 2 aromatic carbocycles. The summed E-state index contributed by atoms with van der Waals surface area (Å²) in [5.41, 5.74) is 16.2. The van der Waals surface area contributed by atoms with Crippen molar-refractivity contribution >= 4 is 22.7 Å². The number of aryl methyl sites for hydroxylation is 2. The van der Waals surface area contributed by atoms with Crippen LogP contribution in [0.1, 0.15) is 16.7 Å². The standard InChI is InChI=1S/C15H15N5/c1-9-6-15(10(2)5-13(9)18)20-19-14-4-3-12(17)7-11(14)8-16/h3-7H,17-18H2,1-2H3/b20-19+. The maximum Gasteiger partial charge on any atom is 0.104 e. The molecule has 0 spiro atoms. The molecule has 2 rings (SSSR count).